The second kappa shape index (κ2) is 5.86. The van der Waals surface area contributed by atoms with Crippen LogP contribution in [0.5, 0.6) is 0 Å². The molecule has 0 fully saturated rings. The molecule has 1 rings (SSSR count). The second-order valence-corrected chi connectivity index (χ2v) is 4.78. The van der Waals surface area contributed by atoms with Gasteiger partial charge < -0.3 is 15.4 Å². The molecule has 1 aromatic rings. The molecule has 17 heavy (non-hydrogen) atoms. The highest BCUT2D eigenvalue weighted by atomic mass is 79.9. The normalized spacial score (nSPS) is 10.4. The number of anilines is 2. The Balaban J connectivity index is 3.01. The predicted molar refractivity (Wildman–Crippen MR) is 70.8 cm³/mol. The molecule has 0 atom stereocenters. The van der Waals surface area contributed by atoms with Crippen LogP contribution in [0.4, 0.5) is 11.5 Å². The Morgan fingerprint density at radius 2 is 2.29 bits per heavy atom. The molecule has 0 spiro atoms. The summed E-state index contributed by atoms with van der Waals surface area (Å²) in [5.41, 5.74) is 6.42. The first-order valence-electron chi connectivity index (χ1n) is 5.20. The Labute approximate surface area is 109 Å². The fourth-order valence-electron chi connectivity index (χ4n) is 1.39. The zero-order valence-corrected chi connectivity index (χ0v) is 11.7. The van der Waals surface area contributed by atoms with E-state index >= 15 is 0 Å². The lowest BCUT2D eigenvalue weighted by Crippen LogP contribution is -2.37. The van der Waals surface area contributed by atoms with E-state index in [0.29, 0.717) is 11.5 Å². The molecule has 0 aliphatic carbocycles. The maximum atomic E-state index is 11.3. The maximum absolute atomic E-state index is 11.3. The molecule has 1 heterocycles. The minimum atomic E-state index is -0.317. The molecule has 2 N–H and O–H groups in total. The summed E-state index contributed by atoms with van der Waals surface area (Å²) in [7, 11) is 1.36. The molecule has 5 nitrogen and oxygen atoms in total. The fourth-order valence-corrected chi connectivity index (χ4v) is 1.74. The number of hydrogen-bond acceptors (Lipinski definition) is 5. The number of halogens is 1. The number of nitrogen functional groups attached to an aromatic ring is 1. The van der Waals surface area contributed by atoms with Crippen LogP contribution in [0.2, 0.25) is 0 Å². The van der Waals surface area contributed by atoms with Gasteiger partial charge in [-0.05, 0) is 35.8 Å². The zero-order valence-electron chi connectivity index (χ0n) is 10.1. The van der Waals surface area contributed by atoms with E-state index in [2.05, 4.69) is 25.7 Å². The smallest absolute Gasteiger partial charge is 0.325 e. The monoisotopic (exact) mass is 301 g/mol. The van der Waals surface area contributed by atoms with E-state index in [0.717, 1.165) is 4.47 Å². The largest absolute Gasteiger partial charge is 0.468 e. The van der Waals surface area contributed by atoms with Crippen LogP contribution < -0.4 is 10.6 Å². The van der Waals surface area contributed by atoms with Crippen molar-refractivity contribution < 1.29 is 9.53 Å². The van der Waals surface area contributed by atoms with Gasteiger partial charge in [0.25, 0.3) is 0 Å². The van der Waals surface area contributed by atoms with Gasteiger partial charge in [0, 0.05) is 16.7 Å². The van der Waals surface area contributed by atoms with Crippen LogP contribution >= 0.6 is 15.9 Å². The Morgan fingerprint density at radius 1 is 1.65 bits per heavy atom. The molecule has 0 aliphatic rings. The van der Waals surface area contributed by atoms with Crippen molar-refractivity contribution in [2.75, 3.05) is 24.3 Å². The number of esters is 1. The first-order chi connectivity index (χ1) is 7.95. The summed E-state index contributed by atoms with van der Waals surface area (Å²) in [5.74, 6) is 0.274. The van der Waals surface area contributed by atoms with E-state index in [-0.39, 0.29) is 18.6 Å². The summed E-state index contributed by atoms with van der Waals surface area (Å²) in [6.45, 7) is 4.06. The summed E-state index contributed by atoms with van der Waals surface area (Å²) in [6.07, 6.45) is 1.65. The molecular weight excluding hydrogens is 286 g/mol. The van der Waals surface area contributed by atoms with Gasteiger partial charge in [0.2, 0.25) is 0 Å². The molecular formula is C11H16BrN3O2. The van der Waals surface area contributed by atoms with Crippen molar-refractivity contribution in [2.24, 2.45) is 0 Å². The Morgan fingerprint density at radius 3 is 2.76 bits per heavy atom. The lowest BCUT2D eigenvalue weighted by Gasteiger charge is -2.27. The number of rotatable bonds is 4. The average Bonchev–Trinajstić information content (AvgIpc) is 2.26. The number of carbonyl (C=O) groups is 1. The Bertz CT molecular complexity index is 410. The topological polar surface area (TPSA) is 68.5 Å². The molecule has 0 bridgehead atoms. The van der Waals surface area contributed by atoms with Gasteiger partial charge in [-0.15, -0.1) is 0 Å². The van der Waals surface area contributed by atoms with E-state index in [1.807, 2.05) is 13.8 Å². The molecule has 0 unspecified atom stereocenters. The number of methoxy groups -OCH3 is 1. The van der Waals surface area contributed by atoms with Crippen LogP contribution in [0.3, 0.4) is 0 Å². The SMILES string of the molecule is COC(=O)CN(c1ncc(Br)cc1N)C(C)C. The molecule has 0 saturated carbocycles. The van der Waals surface area contributed by atoms with Gasteiger partial charge in [-0.3, -0.25) is 4.79 Å². The number of nitrogens with zero attached hydrogens (tertiary/aromatic N) is 2. The van der Waals surface area contributed by atoms with Gasteiger partial charge in [0.15, 0.2) is 5.82 Å². The highest BCUT2D eigenvalue weighted by Gasteiger charge is 2.18. The van der Waals surface area contributed by atoms with Crippen LogP contribution in [-0.2, 0) is 9.53 Å². The number of nitrogens with two attached hydrogens (primary N) is 1. The van der Waals surface area contributed by atoms with Crippen LogP contribution in [0.1, 0.15) is 13.8 Å². The minimum Gasteiger partial charge on any atom is -0.468 e. The van der Waals surface area contributed by atoms with Gasteiger partial charge in [-0.2, -0.15) is 0 Å². The summed E-state index contributed by atoms with van der Waals surface area (Å²) in [5, 5.41) is 0. The number of aromatic nitrogens is 1. The van der Waals surface area contributed by atoms with E-state index < -0.39 is 0 Å². The Hall–Kier alpha value is -1.30. The van der Waals surface area contributed by atoms with Gasteiger partial charge in [0.05, 0.1) is 12.8 Å². The first kappa shape index (κ1) is 13.8. The van der Waals surface area contributed by atoms with Crippen LogP contribution in [-0.4, -0.2) is 30.6 Å². The van der Waals surface area contributed by atoms with E-state index in [9.17, 15) is 4.79 Å². The van der Waals surface area contributed by atoms with Crippen LogP contribution in [0, 0.1) is 0 Å². The minimum absolute atomic E-state index is 0.102. The van der Waals surface area contributed by atoms with Crippen molar-refractivity contribution >= 4 is 33.4 Å². The van der Waals surface area contributed by atoms with Crippen molar-refractivity contribution in [3.05, 3.63) is 16.7 Å². The predicted octanol–water partition coefficient (Wildman–Crippen LogP) is 1.81. The standard InChI is InChI=1S/C11H16BrN3O2/c1-7(2)15(6-10(16)17-3)11-9(13)4-8(12)5-14-11/h4-5,7H,6,13H2,1-3H3. The lowest BCUT2D eigenvalue weighted by atomic mass is 10.2. The van der Waals surface area contributed by atoms with Crippen molar-refractivity contribution in [2.45, 2.75) is 19.9 Å². The molecule has 0 amide bonds. The van der Waals surface area contributed by atoms with E-state index in [4.69, 9.17) is 5.73 Å². The second-order valence-electron chi connectivity index (χ2n) is 3.86. The van der Waals surface area contributed by atoms with Crippen LogP contribution in [0.15, 0.2) is 16.7 Å². The molecule has 6 heteroatoms. The summed E-state index contributed by atoms with van der Waals surface area (Å²) < 4.78 is 5.46. The van der Waals surface area contributed by atoms with Crippen molar-refractivity contribution in [3.63, 3.8) is 0 Å². The lowest BCUT2D eigenvalue weighted by molar-refractivity contribution is -0.139. The molecule has 94 valence electrons. The van der Waals surface area contributed by atoms with Crippen molar-refractivity contribution in [3.8, 4) is 0 Å². The zero-order chi connectivity index (χ0) is 13.0. The van der Waals surface area contributed by atoms with Crippen molar-refractivity contribution in [1.82, 2.24) is 4.98 Å². The fraction of sp³-hybridized carbons (Fsp3) is 0.455. The molecule has 0 aromatic carbocycles. The molecule has 0 aliphatic heterocycles. The Kier molecular flexibility index (Phi) is 4.74. The van der Waals surface area contributed by atoms with Gasteiger partial charge in [-0.25, -0.2) is 4.98 Å². The van der Waals surface area contributed by atoms with Crippen LogP contribution in [0.25, 0.3) is 0 Å². The average molecular weight is 302 g/mol. The van der Waals surface area contributed by atoms with Gasteiger partial charge in [0.1, 0.15) is 6.54 Å². The third kappa shape index (κ3) is 3.59. The molecule has 1 aromatic heterocycles. The van der Waals surface area contributed by atoms with Gasteiger partial charge >= 0.3 is 5.97 Å². The highest BCUT2D eigenvalue weighted by Crippen LogP contribution is 2.25. The third-order valence-corrected chi connectivity index (χ3v) is 2.72. The number of ether oxygens (including phenoxy) is 1. The number of pyridine rings is 1. The summed E-state index contributed by atoms with van der Waals surface area (Å²) >= 11 is 3.29. The van der Waals surface area contributed by atoms with E-state index in [1.54, 1.807) is 17.2 Å². The van der Waals surface area contributed by atoms with Crippen molar-refractivity contribution in [1.29, 1.82) is 0 Å². The highest BCUT2D eigenvalue weighted by molar-refractivity contribution is 9.10. The first-order valence-corrected chi connectivity index (χ1v) is 5.99. The summed E-state index contributed by atoms with van der Waals surface area (Å²) in [4.78, 5) is 17.4. The van der Waals surface area contributed by atoms with E-state index in [1.165, 1.54) is 7.11 Å². The van der Waals surface area contributed by atoms with Gasteiger partial charge in [-0.1, -0.05) is 0 Å². The number of carbonyl (C=O) groups excluding carboxylic acids is 1. The maximum Gasteiger partial charge on any atom is 0.325 e. The third-order valence-electron chi connectivity index (χ3n) is 2.28. The molecule has 0 saturated heterocycles. The summed E-state index contributed by atoms with van der Waals surface area (Å²) in [6, 6.07) is 1.86. The molecule has 0 radical (unpaired) electrons. The quantitative estimate of drug-likeness (QED) is 0.859. The number of hydrogen-bond donors (Lipinski definition) is 1.